The normalized spacial score (nSPS) is 15.4. The fraction of sp³-hybridized carbons (Fsp3) is 0. The summed E-state index contributed by atoms with van der Waals surface area (Å²) >= 11 is 1.56. The SMILES string of the molecule is [N-]=[N+]=NS(N=[N+]=[N-])(N=[N+]=[N-])NI. The van der Waals surface area contributed by atoms with Crippen LogP contribution in [0.25, 0.3) is 31.3 Å². The summed E-state index contributed by atoms with van der Waals surface area (Å²) in [5.74, 6) is 0. The van der Waals surface area contributed by atoms with E-state index in [9.17, 15) is 0 Å². The lowest BCUT2D eigenvalue weighted by Crippen LogP contribution is -1.98. The number of rotatable bonds is 4. The summed E-state index contributed by atoms with van der Waals surface area (Å²) in [6, 6.07) is 0. The van der Waals surface area contributed by atoms with E-state index in [0.29, 0.717) is 0 Å². The average molecular weight is 300 g/mol. The maximum atomic E-state index is 8.06. The van der Waals surface area contributed by atoms with Gasteiger partial charge in [0.15, 0.2) is 0 Å². The minimum absolute atomic E-state index is 1.56. The van der Waals surface area contributed by atoms with E-state index in [1.165, 1.54) is 0 Å². The number of nitrogens with one attached hydrogen (secondary N) is 1. The molecule has 0 aliphatic carbocycles. The van der Waals surface area contributed by atoms with Crippen LogP contribution >= 0.6 is 33.6 Å². The van der Waals surface area contributed by atoms with Gasteiger partial charge in [-0.05, 0) is 30.2 Å². The molecule has 0 aliphatic rings. The van der Waals surface area contributed by atoms with Gasteiger partial charge in [-0.15, -0.1) is 0 Å². The molecule has 0 spiro atoms. The summed E-state index contributed by atoms with van der Waals surface area (Å²) < 4.78 is 11.5. The molecule has 0 aromatic rings. The van der Waals surface area contributed by atoms with E-state index >= 15 is 0 Å². The number of nitrogens with zero attached hydrogens (tertiary/aromatic N) is 9. The second-order valence-electron chi connectivity index (χ2n) is 1.11. The summed E-state index contributed by atoms with van der Waals surface area (Å²) in [6.07, 6.45) is 0. The van der Waals surface area contributed by atoms with Crippen molar-refractivity contribution in [2.75, 3.05) is 0 Å². The molecular formula is HIN10S. The van der Waals surface area contributed by atoms with Gasteiger partial charge in [-0.1, -0.05) is 0 Å². The van der Waals surface area contributed by atoms with Crippen LogP contribution in [-0.2, 0) is 0 Å². The van der Waals surface area contributed by atoms with Crippen molar-refractivity contribution in [1.82, 2.24) is 2.94 Å². The van der Waals surface area contributed by atoms with Gasteiger partial charge in [0.2, 0.25) is 0 Å². The molecule has 0 heterocycles. The van der Waals surface area contributed by atoms with E-state index in [4.69, 9.17) is 16.6 Å². The third-order valence-corrected chi connectivity index (χ3v) is 3.44. The quantitative estimate of drug-likeness (QED) is 0.273. The molecule has 10 nitrogen and oxygen atoms in total. The molecule has 0 bridgehead atoms. The predicted octanol–water partition coefficient (Wildman–Crippen LogP) is 3.32. The first-order valence-corrected chi connectivity index (χ1v) is 4.72. The maximum Gasteiger partial charge on any atom is 0.0686 e. The van der Waals surface area contributed by atoms with E-state index in [1.54, 1.807) is 22.9 Å². The highest BCUT2D eigenvalue weighted by molar-refractivity contribution is 14.1. The summed E-state index contributed by atoms with van der Waals surface area (Å²) in [4.78, 5) is 7.14. The molecule has 0 aromatic carbocycles. The number of hydrogen-bond acceptors (Lipinski definition) is 4. The van der Waals surface area contributed by atoms with Gasteiger partial charge in [0.25, 0.3) is 0 Å². The first-order valence-electron chi connectivity index (χ1n) is 2.14. The molecule has 0 unspecified atom stereocenters. The van der Waals surface area contributed by atoms with Crippen LogP contribution in [0.15, 0.2) is 13.6 Å². The zero-order chi connectivity index (χ0) is 9.45. The molecule has 64 valence electrons. The monoisotopic (exact) mass is 300 g/mol. The second kappa shape index (κ2) is 5.60. The second-order valence-corrected chi connectivity index (χ2v) is 4.11. The zero-order valence-corrected chi connectivity index (χ0v) is 8.29. The van der Waals surface area contributed by atoms with Crippen LogP contribution < -0.4 is 2.94 Å². The highest BCUT2D eigenvalue weighted by Gasteiger charge is 2.16. The van der Waals surface area contributed by atoms with Crippen molar-refractivity contribution >= 4 is 33.6 Å². The summed E-state index contributed by atoms with van der Waals surface area (Å²) in [5, 5.41) is 0. The Morgan fingerprint density at radius 2 is 1.33 bits per heavy atom. The van der Waals surface area contributed by atoms with Gasteiger partial charge in [0, 0.05) is 37.6 Å². The van der Waals surface area contributed by atoms with Gasteiger partial charge in [0.1, 0.15) is 0 Å². The van der Waals surface area contributed by atoms with Gasteiger partial charge in [-0.25, -0.2) is 2.94 Å². The van der Waals surface area contributed by atoms with Crippen LogP contribution in [-0.4, -0.2) is 0 Å². The molecule has 0 atom stereocenters. The Labute approximate surface area is 81.5 Å². The molecule has 0 saturated carbocycles. The Hall–Kier alpha value is -1.03. The third kappa shape index (κ3) is 2.92. The Bertz CT molecular complexity index is 239. The van der Waals surface area contributed by atoms with Crippen molar-refractivity contribution in [3.8, 4) is 0 Å². The van der Waals surface area contributed by atoms with Crippen LogP contribution in [0, 0.1) is 0 Å². The zero-order valence-electron chi connectivity index (χ0n) is 5.31. The smallest absolute Gasteiger partial charge is 0.0686 e. The van der Waals surface area contributed by atoms with E-state index in [2.05, 4.69) is 31.2 Å². The molecular weight excluding hydrogens is 299 g/mol. The first kappa shape index (κ1) is 11.0. The van der Waals surface area contributed by atoms with E-state index in [0.717, 1.165) is 0 Å². The average Bonchev–Trinajstić information content (AvgIpc) is 2.06. The van der Waals surface area contributed by atoms with Gasteiger partial charge >= 0.3 is 0 Å². The van der Waals surface area contributed by atoms with Gasteiger partial charge < -0.3 is 0 Å². The van der Waals surface area contributed by atoms with Crippen LogP contribution in [0.4, 0.5) is 0 Å². The predicted molar refractivity (Wildman–Crippen MR) is 52.2 cm³/mol. The van der Waals surface area contributed by atoms with E-state index in [-0.39, 0.29) is 0 Å². The Balaban J connectivity index is 5.13. The Kier molecular flexibility index (Phi) is 5.12. The highest BCUT2D eigenvalue weighted by Crippen LogP contribution is 2.50. The van der Waals surface area contributed by atoms with Crippen LogP contribution in [0.5, 0.6) is 0 Å². The van der Waals surface area contributed by atoms with E-state index in [1.807, 2.05) is 0 Å². The van der Waals surface area contributed by atoms with Crippen molar-refractivity contribution in [2.24, 2.45) is 13.6 Å². The number of halogens is 1. The van der Waals surface area contributed by atoms with Crippen LogP contribution in [0.2, 0.25) is 0 Å². The largest absolute Gasteiger partial charge is 0.205 e. The molecule has 0 aliphatic heterocycles. The van der Waals surface area contributed by atoms with Crippen LogP contribution in [0.3, 0.4) is 0 Å². The molecule has 1 N–H and O–H groups in total. The third-order valence-electron chi connectivity index (χ3n) is 0.555. The van der Waals surface area contributed by atoms with E-state index < -0.39 is 10.8 Å². The van der Waals surface area contributed by atoms with Gasteiger partial charge in [-0.2, -0.15) is 0 Å². The van der Waals surface area contributed by atoms with Crippen molar-refractivity contribution in [3.05, 3.63) is 31.3 Å². The minimum Gasteiger partial charge on any atom is -0.205 e. The lowest BCUT2D eigenvalue weighted by molar-refractivity contribution is 1.46. The summed E-state index contributed by atoms with van der Waals surface area (Å²) in [7, 11) is -2.82. The molecule has 0 amide bonds. The summed E-state index contributed by atoms with van der Waals surface area (Å²) in [5.41, 5.74) is 24.2. The molecule has 0 radical (unpaired) electrons. The number of azide groups is 1. The van der Waals surface area contributed by atoms with Crippen molar-refractivity contribution in [2.45, 2.75) is 0 Å². The van der Waals surface area contributed by atoms with Crippen molar-refractivity contribution in [3.63, 3.8) is 0 Å². The Morgan fingerprint density at radius 1 is 1.00 bits per heavy atom. The lowest BCUT2D eigenvalue weighted by atomic mass is 13.0. The van der Waals surface area contributed by atoms with Crippen LogP contribution in [0.1, 0.15) is 0 Å². The number of hydrogen-bond donors (Lipinski definition) is 1. The Morgan fingerprint density at radius 3 is 1.50 bits per heavy atom. The standard InChI is InChI=1S/HIN10S/c1-5-12(9-6-2,10-7-3)11-8-4/h5H. The fourth-order valence-corrected chi connectivity index (χ4v) is 1.54. The molecule has 0 saturated heterocycles. The van der Waals surface area contributed by atoms with Crippen molar-refractivity contribution in [1.29, 1.82) is 0 Å². The fourth-order valence-electron chi connectivity index (χ4n) is 0.248. The summed E-state index contributed by atoms with van der Waals surface area (Å²) in [6.45, 7) is 0. The molecule has 0 fully saturated rings. The molecule has 12 heteroatoms. The van der Waals surface area contributed by atoms with Crippen molar-refractivity contribution < 1.29 is 0 Å². The molecule has 0 rings (SSSR count). The maximum absolute atomic E-state index is 8.06. The van der Waals surface area contributed by atoms with Gasteiger partial charge in [-0.3, -0.25) is 0 Å². The van der Waals surface area contributed by atoms with Gasteiger partial charge in [0.05, 0.1) is 10.8 Å². The topological polar surface area (TPSA) is 158 Å². The molecule has 12 heavy (non-hydrogen) atoms. The first-order chi connectivity index (χ1) is 5.74. The molecule has 0 aromatic heterocycles. The lowest BCUT2D eigenvalue weighted by Gasteiger charge is -2.17. The minimum atomic E-state index is -2.82. The highest BCUT2D eigenvalue weighted by atomic mass is 127.